The van der Waals surface area contributed by atoms with Crippen molar-refractivity contribution in [1.82, 2.24) is 14.7 Å². The van der Waals surface area contributed by atoms with Gasteiger partial charge in [-0.3, -0.25) is 9.80 Å². The Labute approximate surface area is 159 Å². The molecule has 3 aliphatic rings. The van der Waals surface area contributed by atoms with Crippen LogP contribution < -0.4 is 0 Å². The van der Waals surface area contributed by atoms with Crippen LogP contribution in [0.2, 0.25) is 0 Å². The van der Waals surface area contributed by atoms with Gasteiger partial charge in [-0.25, -0.2) is 0 Å². The maximum Gasteiger partial charge on any atom is 0.0707 e. The third-order valence-electron chi connectivity index (χ3n) is 6.24. The van der Waals surface area contributed by atoms with Crippen molar-refractivity contribution in [1.29, 1.82) is 0 Å². The molecule has 3 saturated heterocycles. The van der Waals surface area contributed by atoms with E-state index in [0.717, 1.165) is 58.7 Å². The van der Waals surface area contributed by atoms with E-state index in [0.29, 0.717) is 36.5 Å². The fourth-order valence-corrected chi connectivity index (χ4v) is 4.70. The fourth-order valence-electron chi connectivity index (χ4n) is 4.70. The minimum Gasteiger partial charge on any atom is -0.376 e. The second kappa shape index (κ2) is 9.30. The molecule has 26 heavy (non-hydrogen) atoms. The summed E-state index contributed by atoms with van der Waals surface area (Å²) in [6.45, 7) is 10.1. The van der Waals surface area contributed by atoms with E-state index in [2.05, 4.69) is 49.7 Å². The number of hydrogen-bond acceptors (Lipinski definition) is 6. The molecule has 0 aromatic heterocycles. The molecule has 0 radical (unpaired) electrons. The third kappa shape index (κ3) is 5.63. The lowest BCUT2D eigenvalue weighted by Gasteiger charge is -2.43. The number of likely N-dealkylation sites (N-methyl/N-ethyl adjacent to an activating group) is 3. The minimum absolute atomic E-state index is 0.336. The SMILES string of the molecule is C[C@@H]1CN(C)C[C@H](CCC2CN(C)C(CC3CO[C@@H](C)CN3C)CO2)O1. The first-order chi connectivity index (χ1) is 12.4. The highest BCUT2D eigenvalue weighted by molar-refractivity contribution is 4.86. The van der Waals surface area contributed by atoms with Crippen LogP contribution >= 0.6 is 0 Å². The predicted octanol–water partition coefficient (Wildman–Crippen LogP) is 1.29. The Kier molecular flexibility index (Phi) is 7.33. The first-order valence-corrected chi connectivity index (χ1v) is 10.4. The lowest BCUT2D eigenvalue weighted by Crippen LogP contribution is -2.53. The van der Waals surface area contributed by atoms with Gasteiger partial charge < -0.3 is 19.1 Å². The van der Waals surface area contributed by atoms with E-state index in [1.165, 1.54) is 0 Å². The smallest absolute Gasteiger partial charge is 0.0707 e. The van der Waals surface area contributed by atoms with Crippen molar-refractivity contribution in [2.24, 2.45) is 0 Å². The molecule has 3 aliphatic heterocycles. The Morgan fingerprint density at radius 3 is 2.04 bits per heavy atom. The molecule has 152 valence electrons. The molecule has 0 saturated carbocycles. The van der Waals surface area contributed by atoms with E-state index in [4.69, 9.17) is 14.2 Å². The van der Waals surface area contributed by atoms with Gasteiger partial charge in [-0.05, 0) is 54.3 Å². The van der Waals surface area contributed by atoms with Crippen molar-refractivity contribution in [3.63, 3.8) is 0 Å². The maximum absolute atomic E-state index is 6.23. The summed E-state index contributed by atoms with van der Waals surface area (Å²) in [5, 5.41) is 0. The Morgan fingerprint density at radius 1 is 0.731 bits per heavy atom. The molecular weight excluding hydrogens is 330 g/mol. The van der Waals surface area contributed by atoms with Crippen LogP contribution in [0.3, 0.4) is 0 Å². The minimum atomic E-state index is 0.336. The summed E-state index contributed by atoms with van der Waals surface area (Å²) in [6, 6.07) is 0.999. The second-order valence-electron chi connectivity index (χ2n) is 8.89. The van der Waals surface area contributed by atoms with Crippen LogP contribution in [0.25, 0.3) is 0 Å². The zero-order valence-electron chi connectivity index (χ0n) is 17.4. The highest BCUT2D eigenvalue weighted by atomic mass is 16.5. The van der Waals surface area contributed by atoms with Gasteiger partial charge in [0.05, 0.1) is 37.6 Å². The van der Waals surface area contributed by atoms with Gasteiger partial charge in [-0.15, -0.1) is 0 Å². The molecule has 0 bridgehead atoms. The topological polar surface area (TPSA) is 37.4 Å². The van der Waals surface area contributed by atoms with Crippen molar-refractivity contribution >= 4 is 0 Å². The summed E-state index contributed by atoms with van der Waals surface area (Å²) in [5.41, 5.74) is 0. The monoisotopic (exact) mass is 369 g/mol. The molecule has 0 aromatic carbocycles. The van der Waals surface area contributed by atoms with Crippen molar-refractivity contribution in [2.75, 3.05) is 60.5 Å². The van der Waals surface area contributed by atoms with Crippen molar-refractivity contribution in [3.8, 4) is 0 Å². The zero-order valence-corrected chi connectivity index (χ0v) is 17.4. The second-order valence-corrected chi connectivity index (χ2v) is 8.89. The van der Waals surface area contributed by atoms with Gasteiger partial charge in [0.2, 0.25) is 0 Å². The number of rotatable bonds is 5. The van der Waals surface area contributed by atoms with Gasteiger partial charge in [0.15, 0.2) is 0 Å². The Morgan fingerprint density at radius 2 is 1.38 bits per heavy atom. The van der Waals surface area contributed by atoms with E-state index in [1.807, 2.05) is 0 Å². The molecule has 3 rings (SSSR count). The van der Waals surface area contributed by atoms with Crippen LogP contribution in [0.15, 0.2) is 0 Å². The number of ether oxygens (including phenoxy) is 3. The third-order valence-corrected chi connectivity index (χ3v) is 6.24. The van der Waals surface area contributed by atoms with Crippen LogP contribution in [0.4, 0.5) is 0 Å². The van der Waals surface area contributed by atoms with E-state index in [-0.39, 0.29) is 0 Å². The Bertz CT molecular complexity index is 429. The number of morpholine rings is 3. The Hall–Kier alpha value is -0.240. The molecule has 3 fully saturated rings. The zero-order chi connectivity index (χ0) is 18.7. The first kappa shape index (κ1) is 20.5. The fraction of sp³-hybridized carbons (Fsp3) is 1.00. The number of nitrogens with zero attached hydrogens (tertiary/aromatic N) is 3. The summed E-state index contributed by atoms with van der Waals surface area (Å²) in [7, 11) is 6.66. The van der Waals surface area contributed by atoms with Crippen LogP contribution in [-0.2, 0) is 14.2 Å². The van der Waals surface area contributed by atoms with E-state index < -0.39 is 0 Å². The lowest BCUT2D eigenvalue weighted by molar-refractivity contribution is -0.0995. The largest absolute Gasteiger partial charge is 0.376 e. The summed E-state index contributed by atoms with van der Waals surface area (Å²) in [5.74, 6) is 0. The van der Waals surface area contributed by atoms with Gasteiger partial charge in [-0.1, -0.05) is 0 Å². The average molecular weight is 370 g/mol. The molecule has 6 nitrogen and oxygen atoms in total. The molecule has 0 spiro atoms. The maximum atomic E-state index is 6.23. The molecule has 0 N–H and O–H groups in total. The molecule has 0 aliphatic carbocycles. The first-order valence-electron chi connectivity index (χ1n) is 10.4. The van der Waals surface area contributed by atoms with Crippen LogP contribution in [0.5, 0.6) is 0 Å². The average Bonchev–Trinajstić information content (AvgIpc) is 2.56. The van der Waals surface area contributed by atoms with E-state index >= 15 is 0 Å². The standard InChI is InChI=1S/C20H39N3O3/c1-15-10-22(4)17(13-24-15)8-18-14-25-19(12-23(18)5)6-7-20-11-21(3)9-16(2)26-20/h15-20H,6-14H2,1-5H3/t15-,16+,17?,18?,19?,20-/m0/s1. The van der Waals surface area contributed by atoms with E-state index in [9.17, 15) is 0 Å². The van der Waals surface area contributed by atoms with Gasteiger partial charge in [-0.2, -0.15) is 0 Å². The highest BCUT2D eigenvalue weighted by Crippen LogP contribution is 2.23. The molecule has 6 heteroatoms. The lowest BCUT2D eigenvalue weighted by atomic mass is 10.0. The molecule has 0 amide bonds. The van der Waals surface area contributed by atoms with E-state index in [1.54, 1.807) is 0 Å². The van der Waals surface area contributed by atoms with Crippen molar-refractivity contribution in [3.05, 3.63) is 0 Å². The predicted molar refractivity (Wildman–Crippen MR) is 104 cm³/mol. The molecular formula is C20H39N3O3. The molecule has 3 heterocycles. The molecule has 0 aromatic rings. The molecule has 3 unspecified atom stereocenters. The van der Waals surface area contributed by atoms with Gasteiger partial charge in [0.1, 0.15) is 0 Å². The van der Waals surface area contributed by atoms with Gasteiger partial charge in [0.25, 0.3) is 0 Å². The van der Waals surface area contributed by atoms with Crippen molar-refractivity contribution < 1.29 is 14.2 Å². The van der Waals surface area contributed by atoms with Crippen LogP contribution in [0.1, 0.15) is 33.1 Å². The van der Waals surface area contributed by atoms with Gasteiger partial charge in [0, 0.05) is 38.3 Å². The van der Waals surface area contributed by atoms with Crippen LogP contribution in [-0.4, -0.2) is 112 Å². The highest BCUT2D eigenvalue weighted by Gasteiger charge is 2.32. The summed E-state index contributed by atoms with van der Waals surface area (Å²) < 4.78 is 18.2. The molecule has 6 atom stereocenters. The normalized spacial score (nSPS) is 41.4. The summed E-state index contributed by atoms with van der Waals surface area (Å²) >= 11 is 0. The van der Waals surface area contributed by atoms with Gasteiger partial charge >= 0.3 is 0 Å². The van der Waals surface area contributed by atoms with Crippen LogP contribution in [0, 0.1) is 0 Å². The summed E-state index contributed by atoms with van der Waals surface area (Å²) in [4.78, 5) is 7.33. The Balaban J connectivity index is 1.39. The summed E-state index contributed by atoms with van der Waals surface area (Å²) in [6.07, 6.45) is 4.69. The number of hydrogen-bond donors (Lipinski definition) is 0. The quantitative estimate of drug-likeness (QED) is 0.727. The van der Waals surface area contributed by atoms with Crippen molar-refractivity contribution in [2.45, 2.75) is 69.6 Å².